The molecule has 0 fully saturated rings. The van der Waals surface area contributed by atoms with Gasteiger partial charge in [-0.25, -0.2) is 14.8 Å². The van der Waals surface area contributed by atoms with Gasteiger partial charge in [0.15, 0.2) is 5.82 Å². The molecular formula is C23H26N6O. The van der Waals surface area contributed by atoms with Gasteiger partial charge in [-0.2, -0.15) is 0 Å². The van der Waals surface area contributed by atoms with Crippen LogP contribution in [-0.2, 0) is 6.54 Å². The molecule has 0 radical (unpaired) electrons. The topological polar surface area (TPSA) is 73.4 Å². The van der Waals surface area contributed by atoms with Gasteiger partial charge >= 0.3 is 6.03 Å². The van der Waals surface area contributed by atoms with E-state index < -0.39 is 0 Å². The number of carbonyl (C=O) groups is 1. The van der Waals surface area contributed by atoms with Gasteiger partial charge in [-0.1, -0.05) is 24.3 Å². The molecule has 2 N–H and O–H groups in total. The number of aromatic nitrogens is 2. The molecule has 0 saturated heterocycles. The van der Waals surface area contributed by atoms with Crippen molar-refractivity contribution >= 4 is 23.4 Å². The Balaban J connectivity index is 1.65. The Morgan fingerprint density at radius 1 is 1.17 bits per heavy atom. The lowest BCUT2D eigenvalue weighted by Crippen LogP contribution is -2.36. The Morgan fingerprint density at radius 3 is 2.87 bits per heavy atom. The standard InChI is InChI=1S/C23H26N6O/c1-28(2)16-17-7-5-8-18(15-17)19-10-11-20-22(26-19)29(14-6-13-24-20)23(30)27-21-9-3-4-12-25-21/h3-5,7-12,15,24H,6,13-14,16H2,1-2H3,(H,25,27,30). The van der Waals surface area contributed by atoms with E-state index in [9.17, 15) is 4.79 Å². The summed E-state index contributed by atoms with van der Waals surface area (Å²) in [5.41, 5.74) is 3.95. The second-order valence-corrected chi connectivity index (χ2v) is 7.58. The lowest BCUT2D eigenvalue weighted by Gasteiger charge is -2.22. The predicted molar refractivity (Wildman–Crippen MR) is 121 cm³/mol. The van der Waals surface area contributed by atoms with E-state index in [0.717, 1.165) is 36.5 Å². The van der Waals surface area contributed by atoms with Gasteiger partial charge in [0.25, 0.3) is 0 Å². The predicted octanol–water partition coefficient (Wildman–Crippen LogP) is 4.06. The minimum absolute atomic E-state index is 0.232. The zero-order chi connectivity index (χ0) is 20.9. The van der Waals surface area contributed by atoms with Crippen molar-refractivity contribution < 1.29 is 4.79 Å². The molecule has 0 spiro atoms. The van der Waals surface area contributed by atoms with Crippen LogP contribution in [0.5, 0.6) is 0 Å². The third-order valence-electron chi connectivity index (χ3n) is 4.87. The maximum atomic E-state index is 13.0. The highest BCUT2D eigenvalue weighted by Crippen LogP contribution is 2.31. The first-order valence-electron chi connectivity index (χ1n) is 10.1. The number of pyridine rings is 2. The third-order valence-corrected chi connectivity index (χ3v) is 4.87. The van der Waals surface area contributed by atoms with Crippen molar-refractivity contribution in [1.82, 2.24) is 14.9 Å². The molecule has 3 heterocycles. The summed E-state index contributed by atoms with van der Waals surface area (Å²) in [5.74, 6) is 1.16. The fourth-order valence-corrected chi connectivity index (χ4v) is 3.52. The molecule has 0 atom stereocenters. The molecule has 4 rings (SSSR count). The van der Waals surface area contributed by atoms with Gasteiger partial charge in [0.05, 0.1) is 11.4 Å². The summed E-state index contributed by atoms with van der Waals surface area (Å²) < 4.78 is 0. The van der Waals surface area contributed by atoms with Crippen molar-refractivity contribution in [1.29, 1.82) is 0 Å². The van der Waals surface area contributed by atoms with Gasteiger partial charge in [0.1, 0.15) is 5.82 Å². The number of nitrogens with one attached hydrogen (secondary N) is 2. The van der Waals surface area contributed by atoms with Gasteiger partial charge in [-0.3, -0.25) is 10.2 Å². The Bertz CT molecular complexity index is 1020. The van der Waals surface area contributed by atoms with Crippen molar-refractivity contribution in [2.45, 2.75) is 13.0 Å². The van der Waals surface area contributed by atoms with E-state index in [1.165, 1.54) is 5.56 Å². The van der Waals surface area contributed by atoms with Crippen LogP contribution in [-0.4, -0.2) is 48.1 Å². The molecular weight excluding hydrogens is 376 g/mol. The number of anilines is 3. The molecule has 30 heavy (non-hydrogen) atoms. The van der Waals surface area contributed by atoms with E-state index in [4.69, 9.17) is 4.98 Å². The molecule has 1 aromatic carbocycles. The summed E-state index contributed by atoms with van der Waals surface area (Å²) in [7, 11) is 4.11. The van der Waals surface area contributed by atoms with E-state index in [1.54, 1.807) is 17.2 Å². The molecule has 0 bridgehead atoms. The highest BCUT2D eigenvalue weighted by molar-refractivity contribution is 6.02. The van der Waals surface area contributed by atoms with Crippen molar-refractivity contribution in [2.24, 2.45) is 0 Å². The smallest absolute Gasteiger partial charge is 0.328 e. The number of nitrogens with zero attached hydrogens (tertiary/aromatic N) is 4. The molecule has 1 aliphatic rings. The zero-order valence-corrected chi connectivity index (χ0v) is 17.3. The second-order valence-electron chi connectivity index (χ2n) is 7.58. The van der Waals surface area contributed by atoms with Gasteiger partial charge in [-0.15, -0.1) is 0 Å². The third kappa shape index (κ3) is 4.58. The summed E-state index contributed by atoms with van der Waals surface area (Å²) in [5, 5.41) is 6.26. The first-order chi connectivity index (χ1) is 14.6. The largest absolute Gasteiger partial charge is 0.382 e. The molecule has 7 nitrogen and oxygen atoms in total. The fraction of sp³-hybridized carbons (Fsp3) is 0.261. The quantitative estimate of drug-likeness (QED) is 0.689. The number of hydrogen-bond donors (Lipinski definition) is 2. The van der Waals surface area contributed by atoms with Crippen molar-refractivity contribution in [2.75, 3.05) is 42.7 Å². The van der Waals surface area contributed by atoms with E-state index in [0.29, 0.717) is 18.2 Å². The first kappa shape index (κ1) is 19.8. The Labute approximate surface area is 176 Å². The highest BCUT2D eigenvalue weighted by Gasteiger charge is 2.23. The maximum absolute atomic E-state index is 13.0. The number of hydrogen-bond acceptors (Lipinski definition) is 5. The lowest BCUT2D eigenvalue weighted by atomic mass is 10.1. The Hall–Kier alpha value is -3.45. The van der Waals surface area contributed by atoms with Crippen LogP contribution in [0.15, 0.2) is 60.8 Å². The van der Waals surface area contributed by atoms with Crippen LogP contribution in [0.25, 0.3) is 11.3 Å². The number of carbonyl (C=O) groups excluding carboxylic acids is 1. The number of amides is 2. The zero-order valence-electron chi connectivity index (χ0n) is 17.3. The molecule has 2 aromatic heterocycles. The SMILES string of the molecule is CN(C)Cc1cccc(-c2ccc3c(n2)N(C(=O)Nc2ccccn2)CCCN3)c1. The first-order valence-corrected chi connectivity index (χ1v) is 10.1. The van der Waals surface area contributed by atoms with Crippen LogP contribution in [0.1, 0.15) is 12.0 Å². The van der Waals surface area contributed by atoms with Gasteiger partial charge in [0, 0.05) is 31.4 Å². The lowest BCUT2D eigenvalue weighted by molar-refractivity contribution is 0.256. The Kier molecular flexibility index (Phi) is 5.90. The second kappa shape index (κ2) is 8.92. The van der Waals surface area contributed by atoms with Crippen molar-refractivity contribution in [3.8, 4) is 11.3 Å². The Morgan fingerprint density at radius 2 is 2.07 bits per heavy atom. The van der Waals surface area contributed by atoms with Crippen LogP contribution in [0.2, 0.25) is 0 Å². The monoisotopic (exact) mass is 402 g/mol. The van der Waals surface area contributed by atoms with Crippen molar-refractivity contribution in [3.63, 3.8) is 0 Å². The minimum atomic E-state index is -0.232. The van der Waals surface area contributed by atoms with E-state index in [1.807, 2.05) is 30.3 Å². The van der Waals surface area contributed by atoms with Gasteiger partial charge in [0.2, 0.25) is 0 Å². The highest BCUT2D eigenvalue weighted by atomic mass is 16.2. The molecule has 0 saturated carbocycles. The number of fused-ring (bicyclic) bond motifs is 1. The van der Waals surface area contributed by atoms with E-state index >= 15 is 0 Å². The normalized spacial score (nSPS) is 13.4. The average molecular weight is 403 g/mol. The summed E-state index contributed by atoms with van der Waals surface area (Å²) in [4.78, 5) is 25.9. The molecule has 154 valence electrons. The summed E-state index contributed by atoms with van der Waals surface area (Å²) in [6, 6.07) is 17.6. The van der Waals surface area contributed by atoms with Crippen LogP contribution in [0, 0.1) is 0 Å². The number of rotatable bonds is 4. The van der Waals surface area contributed by atoms with Gasteiger partial charge < -0.3 is 10.2 Å². The molecule has 0 unspecified atom stereocenters. The molecule has 3 aromatic rings. The summed E-state index contributed by atoms with van der Waals surface area (Å²) in [6.07, 6.45) is 2.49. The summed E-state index contributed by atoms with van der Waals surface area (Å²) in [6.45, 7) is 2.23. The maximum Gasteiger partial charge on any atom is 0.328 e. The molecule has 1 aliphatic heterocycles. The van der Waals surface area contributed by atoms with Crippen molar-refractivity contribution in [3.05, 3.63) is 66.4 Å². The van der Waals surface area contributed by atoms with Gasteiger partial charge in [-0.05, 0) is 56.4 Å². The average Bonchev–Trinajstić information content (AvgIpc) is 2.96. The van der Waals surface area contributed by atoms with Crippen LogP contribution in [0.3, 0.4) is 0 Å². The van der Waals surface area contributed by atoms with Crippen LogP contribution in [0.4, 0.5) is 22.1 Å². The number of benzene rings is 1. The molecule has 7 heteroatoms. The van der Waals surface area contributed by atoms with Crippen LogP contribution >= 0.6 is 0 Å². The fourth-order valence-electron chi connectivity index (χ4n) is 3.52. The van der Waals surface area contributed by atoms with E-state index in [-0.39, 0.29) is 6.03 Å². The molecule has 0 aliphatic carbocycles. The molecule has 2 amide bonds. The number of urea groups is 1. The van der Waals surface area contributed by atoms with Crippen LogP contribution < -0.4 is 15.5 Å². The summed E-state index contributed by atoms with van der Waals surface area (Å²) >= 11 is 0. The van der Waals surface area contributed by atoms with E-state index in [2.05, 4.69) is 52.8 Å². The minimum Gasteiger partial charge on any atom is -0.382 e.